The number of aromatic nitrogens is 3. The molecule has 0 spiro atoms. The zero-order chi connectivity index (χ0) is 28.3. The molecule has 13 nitrogen and oxygen atoms in total. The zero-order valence-corrected chi connectivity index (χ0v) is 21.9. The largest absolute Gasteiger partial charge is 0.506 e. The summed E-state index contributed by atoms with van der Waals surface area (Å²) >= 11 is 0. The van der Waals surface area contributed by atoms with Crippen LogP contribution >= 0.6 is 0 Å². The van der Waals surface area contributed by atoms with Crippen molar-refractivity contribution in [3.63, 3.8) is 0 Å². The molecule has 2 heterocycles. The lowest BCUT2D eigenvalue weighted by atomic mass is 10.2. The second-order valence-corrected chi connectivity index (χ2v) is 10.2. The molecule has 0 aliphatic carbocycles. The number of aliphatic imine (C=N–C) groups is 1. The molecule has 0 radical (unpaired) electrons. The Morgan fingerprint density at radius 2 is 1.74 bits per heavy atom. The summed E-state index contributed by atoms with van der Waals surface area (Å²) in [5, 5.41) is 17.0. The lowest BCUT2D eigenvalue weighted by molar-refractivity contribution is -0.154. The molecule has 3 rings (SSSR count). The van der Waals surface area contributed by atoms with E-state index in [0.717, 1.165) is 6.07 Å². The molecule has 0 aliphatic rings. The number of phenols is 1. The number of benzene rings is 1. The number of guanidine groups is 1. The third kappa shape index (κ3) is 7.66. The number of amides is 1. The highest BCUT2D eigenvalue weighted by atomic mass is 16.6. The van der Waals surface area contributed by atoms with Gasteiger partial charge in [0, 0.05) is 0 Å². The third-order valence-electron chi connectivity index (χ3n) is 4.52. The number of fused-ring (bicyclic) bond motifs is 1. The minimum atomic E-state index is -0.904. The minimum Gasteiger partial charge on any atom is -0.506 e. The van der Waals surface area contributed by atoms with Gasteiger partial charge >= 0.3 is 18.0 Å². The quantitative estimate of drug-likeness (QED) is 0.192. The topological polar surface area (TPSA) is 180 Å². The second-order valence-electron chi connectivity index (χ2n) is 10.2. The molecule has 4 N–H and O–H groups in total. The summed E-state index contributed by atoms with van der Waals surface area (Å²) in [6.07, 6.45) is 0.300. The Kier molecular flexibility index (Phi) is 7.89. The van der Waals surface area contributed by atoms with Gasteiger partial charge in [0.2, 0.25) is 5.96 Å². The molecule has 1 amide bonds. The molecule has 0 saturated carbocycles. The van der Waals surface area contributed by atoms with E-state index in [1.54, 1.807) is 47.6 Å². The fourth-order valence-corrected chi connectivity index (χ4v) is 3.15. The number of nitrogens with one attached hydrogen (secondary N) is 1. The molecule has 1 aromatic carbocycles. The molecule has 3 aromatic rings. The second kappa shape index (κ2) is 10.7. The summed E-state index contributed by atoms with van der Waals surface area (Å²) in [5.74, 6) is -1.80. The fourth-order valence-electron chi connectivity index (χ4n) is 3.15. The predicted molar refractivity (Wildman–Crippen MR) is 137 cm³/mol. The molecule has 0 saturated heterocycles. The van der Waals surface area contributed by atoms with E-state index < -0.39 is 29.2 Å². The van der Waals surface area contributed by atoms with Crippen LogP contribution in [0.1, 0.15) is 57.6 Å². The molecule has 0 bridgehead atoms. The molecule has 202 valence electrons. The van der Waals surface area contributed by atoms with Gasteiger partial charge in [-0.2, -0.15) is 5.10 Å². The van der Waals surface area contributed by atoms with Gasteiger partial charge in [0.1, 0.15) is 23.3 Å². The average molecular weight is 527 g/mol. The van der Waals surface area contributed by atoms with E-state index in [1.807, 2.05) is 0 Å². The number of esters is 2. The van der Waals surface area contributed by atoms with Gasteiger partial charge < -0.3 is 30.4 Å². The number of nitrogens with zero attached hydrogens (tertiary/aromatic N) is 4. The standard InChI is InChI=1S/C25H30N6O7/c1-24(2,3)37-19(33)12-15-8-10-18(20-27-13-28-31(15)20)36-21(34)14-7-9-16(17(32)11-14)29-22(26)30-23(35)38-25(4,5)6/h7-11,13,32H,12H2,1-6H3,(H3,26,29,30,35). The number of hydrogen-bond donors (Lipinski definition) is 3. The lowest BCUT2D eigenvalue weighted by Gasteiger charge is -2.19. The van der Waals surface area contributed by atoms with Crippen LogP contribution < -0.4 is 15.8 Å². The Labute approximate surface area is 218 Å². The summed E-state index contributed by atoms with van der Waals surface area (Å²) in [7, 11) is 0. The SMILES string of the molecule is CC(C)(C)OC(=O)Cc1ccc(OC(=O)c2ccc(N/C(N)=N/C(=O)OC(C)(C)C)c(O)c2)c2ncnn12. The molecule has 0 aliphatic heterocycles. The van der Waals surface area contributed by atoms with Crippen LogP contribution in [-0.4, -0.2) is 54.9 Å². The van der Waals surface area contributed by atoms with Gasteiger partial charge in [0.05, 0.1) is 23.4 Å². The number of aromatic hydroxyl groups is 1. The Morgan fingerprint density at radius 3 is 2.37 bits per heavy atom. The zero-order valence-electron chi connectivity index (χ0n) is 21.9. The van der Waals surface area contributed by atoms with E-state index in [9.17, 15) is 19.5 Å². The molecule has 0 atom stereocenters. The Bertz CT molecular complexity index is 1400. The van der Waals surface area contributed by atoms with E-state index in [-0.39, 0.29) is 40.8 Å². The van der Waals surface area contributed by atoms with Crippen LogP contribution in [0.2, 0.25) is 0 Å². The molecule has 0 unspecified atom stereocenters. The summed E-state index contributed by atoms with van der Waals surface area (Å²) in [6.45, 7) is 10.4. The van der Waals surface area contributed by atoms with Crippen molar-refractivity contribution in [2.75, 3.05) is 5.32 Å². The van der Waals surface area contributed by atoms with E-state index in [1.165, 1.54) is 29.0 Å². The van der Waals surface area contributed by atoms with Crippen LogP contribution in [0.4, 0.5) is 10.5 Å². The van der Waals surface area contributed by atoms with Crippen molar-refractivity contribution in [1.29, 1.82) is 0 Å². The highest BCUT2D eigenvalue weighted by Crippen LogP contribution is 2.26. The maximum Gasteiger partial charge on any atom is 0.437 e. The van der Waals surface area contributed by atoms with Gasteiger partial charge in [-0.15, -0.1) is 4.99 Å². The summed E-state index contributed by atoms with van der Waals surface area (Å²) < 4.78 is 17.2. The van der Waals surface area contributed by atoms with Crippen molar-refractivity contribution in [3.05, 3.63) is 47.9 Å². The van der Waals surface area contributed by atoms with Crippen LogP contribution in [0, 0.1) is 0 Å². The van der Waals surface area contributed by atoms with Gasteiger partial charge in [-0.25, -0.2) is 19.1 Å². The van der Waals surface area contributed by atoms with Gasteiger partial charge in [0.25, 0.3) is 0 Å². The monoisotopic (exact) mass is 526 g/mol. The predicted octanol–water partition coefficient (Wildman–Crippen LogP) is 3.20. The first-order valence-electron chi connectivity index (χ1n) is 11.5. The third-order valence-corrected chi connectivity index (χ3v) is 4.52. The maximum absolute atomic E-state index is 12.8. The average Bonchev–Trinajstić information content (AvgIpc) is 3.24. The van der Waals surface area contributed by atoms with Crippen LogP contribution in [0.15, 0.2) is 41.7 Å². The van der Waals surface area contributed by atoms with Crippen molar-refractivity contribution in [2.24, 2.45) is 10.7 Å². The summed E-state index contributed by atoms with van der Waals surface area (Å²) in [5.41, 5.74) is 5.14. The minimum absolute atomic E-state index is 0.0196. The molecule has 38 heavy (non-hydrogen) atoms. The van der Waals surface area contributed by atoms with Gasteiger partial charge in [-0.1, -0.05) is 0 Å². The molecule has 13 heteroatoms. The number of ether oxygens (including phenoxy) is 3. The van der Waals surface area contributed by atoms with Gasteiger partial charge in [-0.05, 0) is 71.9 Å². The fraction of sp³-hybridized carbons (Fsp3) is 0.360. The van der Waals surface area contributed by atoms with Crippen LogP contribution in [0.3, 0.4) is 0 Å². The van der Waals surface area contributed by atoms with Crippen molar-refractivity contribution in [3.8, 4) is 11.5 Å². The molecule has 2 aromatic heterocycles. The lowest BCUT2D eigenvalue weighted by Crippen LogP contribution is -2.27. The number of anilines is 1. The Morgan fingerprint density at radius 1 is 1.05 bits per heavy atom. The first-order chi connectivity index (χ1) is 17.6. The number of phenolic OH excluding ortho intramolecular Hbond substituents is 1. The number of pyridine rings is 1. The van der Waals surface area contributed by atoms with Crippen molar-refractivity contribution < 1.29 is 33.7 Å². The van der Waals surface area contributed by atoms with E-state index in [2.05, 4.69) is 20.4 Å². The van der Waals surface area contributed by atoms with E-state index in [0.29, 0.717) is 5.69 Å². The van der Waals surface area contributed by atoms with Crippen molar-refractivity contribution >= 4 is 35.3 Å². The molecular weight excluding hydrogens is 496 g/mol. The number of hydrogen-bond acceptors (Lipinski definition) is 9. The summed E-state index contributed by atoms with van der Waals surface area (Å²) in [6, 6.07) is 6.96. The van der Waals surface area contributed by atoms with Gasteiger partial charge in [-0.3, -0.25) is 4.79 Å². The molecule has 0 fully saturated rings. The number of rotatable bonds is 5. The highest BCUT2D eigenvalue weighted by molar-refractivity contribution is 6.00. The smallest absolute Gasteiger partial charge is 0.437 e. The number of carbonyl (C=O) groups excluding carboxylic acids is 3. The van der Waals surface area contributed by atoms with Crippen LogP contribution in [-0.2, 0) is 20.7 Å². The van der Waals surface area contributed by atoms with Crippen LogP contribution in [0.5, 0.6) is 11.5 Å². The van der Waals surface area contributed by atoms with E-state index in [4.69, 9.17) is 19.9 Å². The number of nitrogens with two attached hydrogens (primary N) is 1. The van der Waals surface area contributed by atoms with E-state index >= 15 is 0 Å². The Balaban J connectivity index is 1.72. The maximum atomic E-state index is 12.8. The highest BCUT2D eigenvalue weighted by Gasteiger charge is 2.21. The van der Waals surface area contributed by atoms with Crippen molar-refractivity contribution in [1.82, 2.24) is 14.6 Å². The number of carbonyl (C=O) groups is 3. The van der Waals surface area contributed by atoms with Crippen molar-refractivity contribution in [2.45, 2.75) is 59.2 Å². The summed E-state index contributed by atoms with van der Waals surface area (Å²) in [4.78, 5) is 44.5. The van der Waals surface area contributed by atoms with Crippen LogP contribution in [0.25, 0.3) is 5.65 Å². The first kappa shape index (κ1) is 27.9. The normalized spacial score (nSPS) is 12.2. The Hall–Kier alpha value is -4.68. The first-order valence-corrected chi connectivity index (χ1v) is 11.5. The molecular formula is C25H30N6O7. The van der Waals surface area contributed by atoms with Gasteiger partial charge in [0.15, 0.2) is 11.4 Å².